The summed E-state index contributed by atoms with van der Waals surface area (Å²) in [5.74, 6) is -3.40. The largest absolute Gasteiger partial charge is 0.478 e. The average molecular weight is 292 g/mol. The first kappa shape index (κ1) is 14.4. The number of carbonyl (C=O) groups excluding carboxylic acids is 1. The van der Waals surface area contributed by atoms with E-state index in [2.05, 4.69) is 5.32 Å². The molecule has 0 unspecified atom stereocenters. The summed E-state index contributed by atoms with van der Waals surface area (Å²) in [5.41, 5.74) is 4.87. The normalized spacial score (nSPS) is 10.2. The molecule has 0 spiro atoms. The molecule has 7 heteroatoms. The summed E-state index contributed by atoms with van der Waals surface area (Å²) in [7, 11) is 0. The third-order valence-electron chi connectivity index (χ3n) is 2.72. The van der Waals surface area contributed by atoms with E-state index in [-0.39, 0.29) is 22.5 Å². The van der Waals surface area contributed by atoms with Gasteiger partial charge in [0.2, 0.25) is 0 Å². The third-order valence-corrected chi connectivity index (χ3v) is 2.72. The van der Waals surface area contributed by atoms with E-state index in [0.717, 1.165) is 36.4 Å². The predicted octanol–water partition coefficient (Wildman–Crippen LogP) is 2.50. The Hall–Kier alpha value is -2.96. The molecule has 0 fully saturated rings. The fourth-order valence-corrected chi connectivity index (χ4v) is 1.74. The Labute approximate surface area is 118 Å². The summed E-state index contributed by atoms with van der Waals surface area (Å²) in [5, 5.41) is 11.2. The maximum atomic E-state index is 13.2. The van der Waals surface area contributed by atoms with Crippen LogP contribution in [-0.2, 0) is 0 Å². The molecule has 1 amide bonds. The highest BCUT2D eigenvalue weighted by Crippen LogP contribution is 2.20. The van der Waals surface area contributed by atoms with Crippen LogP contribution in [0.15, 0.2) is 36.4 Å². The number of anilines is 2. The summed E-state index contributed by atoms with van der Waals surface area (Å²) >= 11 is 0. The molecule has 5 nitrogen and oxygen atoms in total. The monoisotopic (exact) mass is 292 g/mol. The van der Waals surface area contributed by atoms with Crippen LogP contribution in [0.1, 0.15) is 20.7 Å². The topological polar surface area (TPSA) is 92.4 Å². The van der Waals surface area contributed by atoms with Crippen LogP contribution in [0.3, 0.4) is 0 Å². The Kier molecular flexibility index (Phi) is 3.84. The van der Waals surface area contributed by atoms with Crippen molar-refractivity contribution in [2.75, 3.05) is 11.1 Å². The first-order valence-corrected chi connectivity index (χ1v) is 5.77. The number of rotatable bonds is 3. The molecular weight excluding hydrogens is 282 g/mol. The minimum absolute atomic E-state index is 0.0444. The Morgan fingerprint density at radius 2 is 1.57 bits per heavy atom. The molecule has 0 atom stereocenters. The highest BCUT2D eigenvalue weighted by Gasteiger charge is 2.16. The number of nitrogens with one attached hydrogen (secondary N) is 1. The fourth-order valence-electron chi connectivity index (χ4n) is 1.74. The van der Waals surface area contributed by atoms with Gasteiger partial charge in [0.25, 0.3) is 5.91 Å². The molecule has 0 aliphatic rings. The summed E-state index contributed by atoms with van der Waals surface area (Å²) in [4.78, 5) is 23.0. The van der Waals surface area contributed by atoms with Crippen LogP contribution in [0.5, 0.6) is 0 Å². The molecule has 0 bridgehead atoms. The second-order valence-electron chi connectivity index (χ2n) is 4.18. The second-order valence-corrected chi connectivity index (χ2v) is 4.18. The van der Waals surface area contributed by atoms with Crippen molar-refractivity contribution in [2.24, 2.45) is 0 Å². The maximum absolute atomic E-state index is 13.2. The van der Waals surface area contributed by atoms with Crippen LogP contribution in [0.2, 0.25) is 0 Å². The van der Waals surface area contributed by atoms with E-state index in [0.29, 0.717) is 0 Å². The number of carbonyl (C=O) groups is 2. The zero-order valence-corrected chi connectivity index (χ0v) is 10.6. The summed E-state index contributed by atoms with van der Waals surface area (Å²) < 4.78 is 26.1. The van der Waals surface area contributed by atoms with E-state index in [1.807, 2.05) is 0 Å². The molecule has 2 rings (SSSR count). The number of aromatic carboxylic acids is 1. The number of amides is 1. The number of halogens is 2. The Morgan fingerprint density at radius 1 is 1.00 bits per heavy atom. The molecule has 0 saturated carbocycles. The number of hydrogen-bond acceptors (Lipinski definition) is 3. The average Bonchev–Trinajstić information content (AvgIpc) is 2.37. The van der Waals surface area contributed by atoms with Crippen LogP contribution in [0, 0.1) is 11.6 Å². The number of carboxylic acids is 1. The number of carboxylic acid groups (broad SMARTS) is 1. The van der Waals surface area contributed by atoms with Gasteiger partial charge in [-0.15, -0.1) is 0 Å². The third kappa shape index (κ3) is 3.14. The highest BCUT2D eigenvalue weighted by molar-refractivity contribution is 6.10. The molecule has 0 aliphatic carbocycles. The van der Waals surface area contributed by atoms with E-state index in [4.69, 9.17) is 10.8 Å². The van der Waals surface area contributed by atoms with E-state index >= 15 is 0 Å². The molecule has 2 aromatic carbocycles. The molecular formula is C14H10F2N2O3. The van der Waals surface area contributed by atoms with E-state index in [1.165, 1.54) is 0 Å². The Balaban J connectivity index is 2.35. The van der Waals surface area contributed by atoms with Crippen molar-refractivity contribution in [3.63, 3.8) is 0 Å². The second kappa shape index (κ2) is 5.58. The Bertz CT molecular complexity index is 732. The van der Waals surface area contributed by atoms with Gasteiger partial charge < -0.3 is 16.2 Å². The van der Waals surface area contributed by atoms with Crippen molar-refractivity contribution in [3.05, 3.63) is 59.2 Å². The van der Waals surface area contributed by atoms with Gasteiger partial charge in [0.05, 0.1) is 16.8 Å². The zero-order chi connectivity index (χ0) is 15.6. The lowest BCUT2D eigenvalue weighted by Crippen LogP contribution is -2.16. The first-order valence-electron chi connectivity index (χ1n) is 5.77. The number of nitrogens with two attached hydrogens (primary N) is 1. The first-order chi connectivity index (χ1) is 9.88. The van der Waals surface area contributed by atoms with Gasteiger partial charge in [-0.3, -0.25) is 4.79 Å². The standard InChI is InChI=1S/C14H10F2N2O3/c15-7-1-3-9(11(17)5-7)13(19)18-12-6-8(16)2-4-10(12)14(20)21/h1-6H,17H2,(H,18,19)(H,20,21). The maximum Gasteiger partial charge on any atom is 0.337 e. The van der Waals surface area contributed by atoms with Gasteiger partial charge in [-0.1, -0.05) is 0 Å². The molecule has 21 heavy (non-hydrogen) atoms. The minimum atomic E-state index is -1.32. The molecule has 0 aromatic heterocycles. The van der Waals surface area contributed by atoms with Gasteiger partial charge in [0.15, 0.2) is 0 Å². The lowest BCUT2D eigenvalue weighted by molar-refractivity contribution is 0.0698. The van der Waals surface area contributed by atoms with Gasteiger partial charge in [-0.2, -0.15) is 0 Å². The van der Waals surface area contributed by atoms with E-state index < -0.39 is 23.5 Å². The smallest absolute Gasteiger partial charge is 0.337 e. The van der Waals surface area contributed by atoms with E-state index in [9.17, 15) is 18.4 Å². The number of hydrogen-bond donors (Lipinski definition) is 3. The molecule has 0 heterocycles. The Morgan fingerprint density at radius 3 is 2.14 bits per heavy atom. The van der Waals surface area contributed by atoms with E-state index in [1.54, 1.807) is 0 Å². The van der Waals surface area contributed by atoms with Crippen molar-refractivity contribution < 1.29 is 23.5 Å². The minimum Gasteiger partial charge on any atom is -0.478 e. The van der Waals surface area contributed by atoms with Crippen molar-refractivity contribution in [1.82, 2.24) is 0 Å². The van der Waals surface area contributed by atoms with Crippen molar-refractivity contribution in [3.8, 4) is 0 Å². The van der Waals surface area contributed by atoms with Crippen LogP contribution in [0.25, 0.3) is 0 Å². The van der Waals surface area contributed by atoms with Crippen LogP contribution >= 0.6 is 0 Å². The summed E-state index contributed by atoms with van der Waals surface area (Å²) in [6, 6.07) is 6.01. The molecule has 0 radical (unpaired) electrons. The number of nitrogen functional groups attached to an aromatic ring is 1. The van der Waals surface area contributed by atoms with Gasteiger partial charge in [0.1, 0.15) is 11.6 Å². The zero-order valence-electron chi connectivity index (χ0n) is 10.6. The van der Waals surface area contributed by atoms with Crippen LogP contribution in [-0.4, -0.2) is 17.0 Å². The van der Waals surface area contributed by atoms with Crippen LogP contribution < -0.4 is 11.1 Å². The van der Waals surface area contributed by atoms with Crippen molar-refractivity contribution in [2.45, 2.75) is 0 Å². The van der Waals surface area contributed by atoms with Gasteiger partial charge in [-0.05, 0) is 36.4 Å². The lowest BCUT2D eigenvalue weighted by atomic mass is 10.1. The molecule has 0 aliphatic heterocycles. The molecule has 0 saturated heterocycles. The summed E-state index contributed by atoms with van der Waals surface area (Å²) in [6.07, 6.45) is 0. The van der Waals surface area contributed by atoms with Gasteiger partial charge in [-0.25, -0.2) is 13.6 Å². The lowest BCUT2D eigenvalue weighted by Gasteiger charge is -2.10. The van der Waals surface area contributed by atoms with Gasteiger partial charge >= 0.3 is 5.97 Å². The predicted molar refractivity (Wildman–Crippen MR) is 72.1 cm³/mol. The quantitative estimate of drug-likeness (QED) is 0.758. The fraction of sp³-hybridized carbons (Fsp3) is 0. The van der Waals surface area contributed by atoms with Crippen molar-refractivity contribution in [1.29, 1.82) is 0 Å². The summed E-state index contributed by atoms with van der Waals surface area (Å²) in [6.45, 7) is 0. The SMILES string of the molecule is Nc1cc(F)ccc1C(=O)Nc1cc(F)ccc1C(=O)O. The van der Waals surface area contributed by atoms with Crippen LogP contribution in [0.4, 0.5) is 20.2 Å². The molecule has 4 N–H and O–H groups in total. The van der Waals surface area contributed by atoms with Crippen molar-refractivity contribution >= 4 is 23.3 Å². The highest BCUT2D eigenvalue weighted by atomic mass is 19.1. The van der Waals surface area contributed by atoms with Gasteiger partial charge in [0, 0.05) is 5.69 Å². The molecule has 2 aromatic rings. The number of benzene rings is 2. The molecule has 108 valence electrons.